The zero-order chi connectivity index (χ0) is 16.9. The molecule has 0 spiro atoms. The topological polar surface area (TPSA) is 64.1 Å². The average molecular weight is 367 g/mol. The molecule has 24 heavy (non-hydrogen) atoms. The molecule has 2 heterocycles. The van der Waals surface area contributed by atoms with Gasteiger partial charge >= 0.3 is 0 Å². The van der Waals surface area contributed by atoms with E-state index in [1.54, 1.807) is 12.1 Å². The van der Waals surface area contributed by atoms with Gasteiger partial charge in [-0.1, -0.05) is 11.8 Å². The third-order valence-electron chi connectivity index (χ3n) is 2.93. The SMILES string of the molecule is O=C(COc1ncnc2sccc12)Nc1ccc(SC(F)F)cc1. The number of nitrogens with one attached hydrogen (secondary N) is 1. The summed E-state index contributed by atoms with van der Waals surface area (Å²) in [5.74, 6) is -2.49. The molecule has 0 aliphatic heterocycles. The summed E-state index contributed by atoms with van der Waals surface area (Å²) < 4.78 is 29.9. The summed E-state index contributed by atoms with van der Waals surface area (Å²) >= 11 is 1.91. The normalized spacial score (nSPS) is 11.0. The quantitative estimate of drug-likeness (QED) is 0.667. The maximum atomic E-state index is 12.2. The molecule has 124 valence electrons. The van der Waals surface area contributed by atoms with E-state index in [0.717, 1.165) is 10.2 Å². The number of fused-ring (bicyclic) bond motifs is 1. The van der Waals surface area contributed by atoms with Crippen molar-refractivity contribution in [3.05, 3.63) is 42.0 Å². The van der Waals surface area contributed by atoms with E-state index < -0.39 is 5.76 Å². The fourth-order valence-corrected chi connectivity index (χ4v) is 3.16. The number of carbonyl (C=O) groups excluding carboxylic acids is 1. The number of nitrogens with zero attached hydrogens (tertiary/aromatic N) is 2. The number of rotatable bonds is 6. The van der Waals surface area contributed by atoms with Gasteiger partial charge in [0.05, 0.1) is 5.39 Å². The van der Waals surface area contributed by atoms with E-state index in [4.69, 9.17) is 4.74 Å². The minimum absolute atomic E-state index is 0.213. The average Bonchev–Trinajstić information content (AvgIpc) is 3.03. The Kier molecular flexibility index (Phi) is 5.21. The Balaban J connectivity index is 1.57. The number of thiophene rings is 1. The van der Waals surface area contributed by atoms with Crippen LogP contribution < -0.4 is 10.1 Å². The Morgan fingerprint density at radius 3 is 2.79 bits per heavy atom. The summed E-state index contributed by atoms with van der Waals surface area (Å²) in [6.07, 6.45) is 1.38. The van der Waals surface area contributed by atoms with E-state index in [-0.39, 0.29) is 12.5 Å². The molecule has 1 aromatic carbocycles. The summed E-state index contributed by atoms with van der Waals surface area (Å²) in [6, 6.07) is 7.99. The Morgan fingerprint density at radius 2 is 2.04 bits per heavy atom. The molecule has 0 fully saturated rings. The second-order valence-corrected chi connectivity index (χ2v) is 6.52. The first-order valence-electron chi connectivity index (χ1n) is 6.77. The number of ether oxygens (including phenoxy) is 1. The van der Waals surface area contributed by atoms with E-state index in [0.29, 0.717) is 28.2 Å². The molecule has 0 radical (unpaired) electrons. The lowest BCUT2D eigenvalue weighted by molar-refractivity contribution is -0.118. The third kappa shape index (κ3) is 4.18. The summed E-state index contributed by atoms with van der Waals surface area (Å²) in [5, 5.41) is 5.25. The summed E-state index contributed by atoms with van der Waals surface area (Å²) in [7, 11) is 0. The van der Waals surface area contributed by atoms with Gasteiger partial charge in [0.25, 0.3) is 11.7 Å². The van der Waals surface area contributed by atoms with Crippen molar-refractivity contribution in [2.45, 2.75) is 10.7 Å². The molecule has 1 amide bonds. The number of alkyl halides is 2. The molecule has 0 atom stereocenters. The van der Waals surface area contributed by atoms with Crippen LogP contribution in [-0.4, -0.2) is 28.2 Å². The Morgan fingerprint density at radius 1 is 1.25 bits per heavy atom. The van der Waals surface area contributed by atoms with Crippen LogP contribution in [0.15, 0.2) is 46.9 Å². The van der Waals surface area contributed by atoms with Gasteiger partial charge in [-0.05, 0) is 35.7 Å². The van der Waals surface area contributed by atoms with Crippen LogP contribution in [0.3, 0.4) is 0 Å². The lowest BCUT2D eigenvalue weighted by Crippen LogP contribution is -2.20. The van der Waals surface area contributed by atoms with Crippen LogP contribution in [0.5, 0.6) is 5.88 Å². The van der Waals surface area contributed by atoms with Crippen molar-refractivity contribution >= 4 is 44.9 Å². The first-order valence-corrected chi connectivity index (χ1v) is 8.53. The van der Waals surface area contributed by atoms with Gasteiger partial charge in [0, 0.05) is 10.6 Å². The Bertz CT molecular complexity index is 840. The van der Waals surface area contributed by atoms with Crippen LogP contribution in [0.25, 0.3) is 10.2 Å². The summed E-state index contributed by atoms with van der Waals surface area (Å²) in [6.45, 7) is -0.213. The van der Waals surface area contributed by atoms with Gasteiger partial charge in [-0.25, -0.2) is 9.97 Å². The number of amides is 1. The number of hydrogen-bond donors (Lipinski definition) is 1. The highest BCUT2D eigenvalue weighted by Crippen LogP contribution is 2.27. The van der Waals surface area contributed by atoms with Gasteiger partial charge in [0.2, 0.25) is 5.88 Å². The van der Waals surface area contributed by atoms with E-state index in [1.165, 1.54) is 29.8 Å². The number of aromatic nitrogens is 2. The lowest BCUT2D eigenvalue weighted by Gasteiger charge is -2.08. The van der Waals surface area contributed by atoms with Gasteiger partial charge in [-0.2, -0.15) is 8.78 Å². The van der Waals surface area contributed by atoms with Gasteiger partial charge in [-0.3, -0.25) is 4.79 Å². The fraction of sp³-hybridized carbons (Fsp3) is 0.133. The summed E-state index contributed by atoms with van der Waals surface area (Å²) in [4.78, 5) is 21.2. The third-order valence-corrected chi connectivity index (χ3v) is 4.47. The standard InChI is InChI=1S/C15H11F2N3O2S2/c16-15(17)24-10-3-1-9(2-4-10)20-12(21)7-22-13-11-5-6-23-14(11)19-8-18-13/h1-6,8,15H,7H2,(H,20,21). The van der Waals surface area contributed by atoms with Crippen LogP contribution in [0, 0.1) is 0 Å². The molecule has 0 saturated carbocycles. The van der Waals surface area contributed by atoms with Crippen LogP contribution in [0.1, 0.15) is 0 Å². The van der Waals surface area contributed by atoms with Crippen molar-refractivity contribution in [3.63, 3.8) is 0 Å². The number of thioether (sulfide) groups is 1. The summed E-state index contributed by atoms with van der Waals surface area (Å²) in [5.41, 5.74) is 0.505. The van der Waals surface area contributed by atoms with Gasteiger partial charge in [0.1, 0.15) is 11.2 Å². The molecule has 5 nitrogen and oxygen atoms in total. The number of carbonyl (C=O) groups is 1. The van der Waals surface area contributed by atoms with E-state index in [9.17, 15) is 13.6 Å². The molecular formula is C15H11F2N3O2S2. The smallest absolute Gasteiger partial charge is 0.288 e. The first-order chi connectivity index (χ1) is 11.6. The van der Waals surface area contributed by atoms with Crippen molar-refractivity contribution in [2.75, 3.05) is 11.9 Å². The molecule has 0 bridgehead atoms. The largest absolute Gasteiger partial charge is 0.467 e. The van der Waals surface area contributed by atoms with Crippen molar-refractivity contribution in [3.8, 4) is 5.88 Å². The van der Waals surface area contributed by atoms with Crippen molar-refractivity contribution in [2.24, 2.45) is 0 Å². The van der Waals surface area contributed by atoms with Gasteiger partial charge in [0.15, 0.2) is 6.61 Å². The fourth-order valence-electron chi connectivity index (χ4n) is 1.93. The number of halogens is 2. The van der Waals surface area contributed by atoms with Crippen LogP contribution in [0.2, 0.25) is 0 Å². The maximum absolute atomic E-state index is 12.2. The minimum Gasteiger partial charge on any atom is -0.467 e. The lowest BCUT2D eigenvalue weighted by atomic mass is 10.3. The molecule has 9 heteroatoms. The highest BCUT2D eigenvalue weighted by molar-refractivity contribution is 7.99. The van der Waals surface area contributed by atoms with Crippen molar-refractivity contribution < 1.29 is 18.3 Å². The highest BCUT2D eigenvalue weighted by atomic mass is 32.2. The van der Waals surface area contributed by atoms with Crippen molar-refractivity contribution in [1.29, 1.82) is 0 Å². The Labute approximate surface area is 144 Å². The molecule has 3 aromatic rings. The van der Waals surface area contributed by atoms with E-state index >= 15 is 0 Å². The number of hydrogen-bond acceptors (Lipinski definition) is 6. The number of anilines is 1. The second-order valence-electron chi connectivity index (χ2n) is 4.56. The molecule has 0 aliphatic carbocycles. The van der Waals surface area contributed by atoms with Crippen LogP contribution >= 0.6 is 23.1 Å². The van der Waals surface area contributed by atoms with Crippen molar-refractivity contribution in [1.82, 2.24) is 9.97 Å². The zero-order valence-corrected chi connectivity index (χ0v) is 13.7. The molecule has 0 aliphatic rings. The molecule has 3 rings (SSSR count). The zero-order valence-electron chi connectivity index (χ0n) is 12.1. The highest BCUT2D eigenvalue weighted by Gasteiger charge is 2.10. The van der Waals surface area contributed by atoms with Gasteiger partial charge in [-0.15, -0.1) is 11.3 Å². The van der Waals surface area contributed by atoms with E-state index in [1.807, 2.05) is 11.4 Å². The molecule has 0 saturated heterocycles. The Hall–Kier alpha value is -2.26. The van der Waals surface area contributed by atoms with Gasteiger partial charge < -0.3 is 10.1 Å². The molecular weight excluding hydrogens is 356 g/mol. The molecule has 1 N–H and O–H groups in total. The monoisotopic (exact) mass is 367 g/mol. The molecule has 0 unspecified atom stereocenters. The number of benzene rings is 1. The van der Waals surface area contributed by atoms with E-state index in [2.05, 4.69) is 15.3 Å². The first kappa shape index (κ1) is 16.6. The van der Waals surface area contributed by atoms with Crippen LogP contribution in [0.4, 0.5) is 14.5 Å². The maximum Gasteiger partial charge on any atom is 0.288 e. The second kappa shape index (κ2) is 7.54. The minimum atomic E-state index is -2.47. The molecule has 2 aromatic heterocycles. The predicted molar refractivity (Wildman–Crippen MR) is 89.8 cm³/mol. The van der Waals surface area contributed by atoms with Crippen LogP contribution in [-0.2, 0) is 4.79 Å². The predicted octanol–water partition coefficient (Wildman–Crippen LogP) is 4.02.